The van der Waals surface area contributed by atoms with Gasteiger partial charge in [0.15, 0.2) is 5.82 Å². The minimum absolute atomic E-state index is 0.199. The van der Waals surface area contributed by atoms with E-state index in [1.165, 1.54) is 13.4 Å². The Hall–Kier alpha value is -3.70. The number of anilines is 3. The molecule has 1 fully saturated rings. The Morgan fingerprint density at radius 2 is 2.10 bits per heavy atom. The van der Waals surface area contributed by atoms with Crippen LogP contribution in [0.3, 0.4) is 0 Å². The molecule has 1 aromatic carbocycles. The second kappa shape index (κ2) is 9.41. The molecule has 2 N–H and O–H groups in total. The highest BCUT2D eigenvalue weighted by atomic mass is 16.5. The van der Waals surface area contributed by atoms with Crippen LogP contribution in [0.2, 0.25) is 0 Å². The highest BCUT2D eigenvalue weighted by Gasteiger charge is 2.21. The van der Waals surface area contributed by atoms with Crippen LogP contribution >= 0.6 is 0 Å². The van der Waals surface area contributed by atoms with E-state index in [0.717, 1.165) is 48.5 Å². The van der Waals surface area contributed by atoms with Crippen molar-refractivity contribution in [1.29, 1.82) is 0 Å². The van der Waals surface area contributed by atoms with Crippen LogP contribution in [0.15, 0.2) is 42.7 Å². The zero-order valence-corrected chi connectivity index (χ0v) is 17.3. The van der Waals surface area contributed by atoms with Gasteiger partial charge in [0.1, 0.15) is 17.7 Å². The van der Waals surface area contributed by atoms with Gasteiger partial charge in [-0.05, 0) is 43.2 Å². The molecule has 0 bridgehead atoms. The number of likely N-dealkylation sites (tertiary alicyclic amines) is 1. The monoisotopic (exact) mass is 416 g/mol. The number of terminal acetylenes is 1. The van der Waals surface area contributed by atoms with E-state index in [2.05, 4.69) is 31.4 Å². The molecule has 2 aromatic heterocycles. The van der Waals surface area contributed by atoms with E-state index in [-0.39, 0.29) is 12.0 Å². The lowest BCUT2D eigenvalue weighted by atomic mass is 10.1. The number of rotatable bonds is 6. The molecule has 0 unspecified atom stereocenters. The van der Waals surface area contributed by atoms with Crippen LogP contribution in [0, 0.1) is 12.3 Å². The fraction of sp³-hybridized carbons (Fsp3) is 0.304. The molecular formula is C23H24N6O2. The predicted molar refractivity (Wildman–Crippen MR) is 120 cm³/mol. The SMILES string of the molecule is C#Cc1cccc(Nc2ncnc3ccc(NC4CCN(CC(=O)OC)CC4)nc23)c1. The Bertz CT molecular complexity index is 1120. The molecule has 0 spiro atoms. The van der Waals surface area contributed by atoms with Crippen molar-refractivity contribution in [1.82, 2.24) is 19.9 Å². The van der Waals surface area contributed by atoms with Gasteiger partial charge >= 0.3 is 5.97 Å². The van der Waals surface area contributed by atoms with Gasteiger partial charge < -0.3 is 15.4 Å². The molecule has 8 nitrogen and oxygen atoms in total. The standard InChI is InChI=1S/C23H24N6O2/c1-3-16-5-4-6-18(13-16)27-23-22-19(24-15-25-23)7-8-20(28-22)26-17-9-11-29(12-10-17)14-21(30)31-2/h1,4-8,13,15,17H,9-12,14H2,2H3,(H,26,28)(H,24,25,27). The molecule has 3 heterocycles. The highest BCUT2D eigenvalue weighted by molar-refractivity contribution is 5.88. The maximum absolute atomic E-state index is 11.5. The molecule has 158 valence electrons. The summed E-state index contributed by atoms with van der Waals surface area (Å²) in [4.78, 5) is 27.0. The molecule has 0 radical (unpaired) electrons. The van der Waals surface area contributed by atoms with Crippen molar-refractivity contribution >= 4 is 34.3 Å². The van der Waals surface area contributed by atoms with Gasteiger partial charge in [-0.1, -0.05) is 12.0 Å². The van der Waals surface area contributed by atoms with E-state index in [9.17, 15) is 4.79 Å². The van der Waals surface area contributed by atoms with Crippen LogP contribution in [0.4, 0.5) is 17.3 Å². The third-order valence-electron chi connectivity index (χ3n) is 5.29. The summed E-state index contributed by atoms with van der Waals surface area (Å²) in [6.45, 7) is 2.01. The molecule has 4 rings (SSSR count). The second-order valence-corrected chi connectivity index (χ2v) is 7.41. The quantitative estimate of drug-likeness (QED) is 0.468. The summed E-state index contributed by atoms with van der Waals surface area (Å²) in [7, 11) is 1.42. The molecule has 1 aliphatic rings. The van der Waals surface area contributed by atoms with Gasteiger partial charge in [0.25, 0.3) is 0 Å². The third kappa shape index (κ3) is 5.08. The molecule has 31 heavy (non-hydrogen) atoms. The smallest absolute Gasteiger partial charge is 0.319 e. The molecule has 1 aliphatic heterocycles. The number of aromatic nitrogens is 3. The lowest BCUT2D eigenvalue weighted by molar-refractivity contribution is -0.142. The lowest BCUT2D eigenvalue weighted by Gasteiger charge is -2.31. The number of hydrogen-bond acceptors (Lipinski definition) is 8. The number of benzene rings is 1. The van der Waals surface area contributed by atoms with E-state index < -0.39 is 0 Å². The summed E-state index contributed by atoms with van der Waals surface area (Å²) < 4.78 is 4.75. The zero-order chi connectivity index (χ0) is 21.6. The van der Waals surface area contributed by atoms with Gasteiger partial charge in [0, 0.05) is 30.4 Å². The molecular weight excluding hydrogens is 392 g/mol. The Labute approximate surface area is 181 Å². The molecule has 0 amide bonds. The first kappa shape index (κ1) is 20.6. The number of nitrogens with one attached hydrogen (secondary N) is 2. The van der Waals surface area contributed by atoms with E-state index in [1.54, 1.807) is 0 Å². The molecule has 3 aromatic rings. The fourth-order valence-electron chi connectivity index (χ4n) is 3.63. The second-order valence-electron chi connectivity index (χ2n) is 7.41. The van der Waals surface area contributed by atoms with E-state index in [4.69, 9.17) is 16.1 Å². The Morgan fingerprint density at radius 1 is 1.26 bits per heavy atom. The highest BCUT2D eigenvalue weighted by Crippen LogP contribution is 2.24. The van der Waals surface area contributed by atoms with Crippen LogP contribution in [0.5, 0.6) is 0 Å². The van der Waals surface area contributed by atoms with Gasteiger partial charge in [0.2, 0.25) is 0 Å². The third-order valence-corrected chi connectivity index (χ3v) is 5.29. The molecule has 1 saturated heterocycles. The number of piperidine rings is 1. The number of methoxy groups -OCH3 is 1. The number of fused-ring (bicyclic) bond motifs is 1. The van der Waals surface area contributed by atoms with Crippen LogP contribution in [-0.2, 0) is 9.53 Å². The first-order chi connectivity index (χ1) is 15.1. The average molecular weight is 416 g/mol. The Kier molecular flexibility index (Phi) is 6.24. The summed E-state index contributed by atoms with van der Waals surface area (Å²) in [5, 5.41) is 6.80. The number of nitrogens with zero attached hydrogens (tertiary/aromatic N) is 4. The number of esters is 1. The molecule has 8 heteroatoms. The maximum atomic E-state index is 11.5. The maximum Gasteiger partial charge on any atom is 0.319 e. The number of pyridine rings is 1. The van der Waals surface area contributed by atoms with Crippen LogP contribution in [0.25, 0.3) is 11.0 Å². The Balaban J connectivity index is 1.47. The minimum atomic E-state index is -0.199. The Morgan fingerprint density at radius 3 is 2.87 bits per heavy atom. The van der Waals surface area contributed by atoms with Gasteiger partial charge in [0.05, 0.1) is 19.2 Å². The minimum Gasteiger partial charge on any atom is -0.468 e. The zero-order valence-electron chi connectivity index (χ0n) is 17.3. The van der Waals surface area contributed by atoms with E-state index in [1.807, 2.05) is 36.4 Å². The van der Waals surface area contributed by atoms with Crippen molar-refractivity contribution < 1.29 is 9.53 Å². The number of carbonyl (C=O) groups excluding carboxylic acids is 1. The summed E-state index contributed by atoms with van der Waals surface area (Å²) in [6, 6.07) is 11.7. The molecule has 0 aliphatic carbocycles. The lowest BCUT2D eigenvalue weighted by Crippen LogP contribution is -2.41. The predicted octanol–water partition coefficient (Wildman–Crippen LogP) is 2.80. The summed E-state index contributed by atoms with van der Waals surface area (Å²) in [6.07, 6.45) is 8.86. The molecule has 0 atom stereocenters. The summed E-state index contributed by atoms with van der Waals surface area (Å²) in [5.74, 6) is 3.83. The van der Waals surface area contributed by atoms with Gasteiger partial charge in [-0.15, -0.1) is 6.42 Å². The fourth-order valence-corrected chi connectivity index (χ4v) is 3.63. The van der Waals surface area contributed by atoms with Crippen LogP contribution in [0.1, 0.15) is 18.4 Å². The summed E-state index contributed by atoms with van der Waals surface area (Å²) >= 11 is 0. The average Bonchev–Trinajstić information content (AvgIpc) is 2.81. The topological polar surface area (TPSA) is 92.3 Å². The van der Waals surface area contributed by atoms with Crippen molar-refractivity contribution in [2.45, 2.75) is 18.9 Å². The van der Waals surface area contributed by atoms with Crippen molar-refractivity contribution in [3.05, 3.63) is 48.3 Å². The van der Waals surface area contributed by atoms with Gasteiger partial charge in [-0.2, -0.15) is 0 Å². The largest absolute Gasteiger partial charge is 0.468 e. The number of hydrogen-bond donors (Lipinski definition) is 2. The first-order valence-corrected chi connectivity index (χ1v) is 10.2. The first-order valence-electron chi connectivity index (χ1n) is 10.2. The van der Waals surface area contributed by atoms with Crippen molar-refractivity contribution in [3.8, 4) is 12.3 Å². The van der Waals surface area contributed by atoms with Crippen LogP contribution < -0.4 is 10.6 Å². The van der Waals surface area contributed by atoms with Gasteiger partial charge in [-0.3, -0.25) is 9.69 Å². The molecule has 0 saturated carbocycles. The van der Waals surface area contributed by atoms with E-state index in [0.29, 0.717) is 17.9 Å². The van der Waals surface area contributed by atoms with Crippen molar-refractivity contribution in [2.75, 3.05) is 37.4 Å². The van der Waals surface area contributed by atoms with Crippen molar-refractivity contribution in [2.24, 2.45) is 0 Å². The van der Waals surface area contributed by atoms with Crippen molar-refractivity contribution in [3.63, 3.8) is 0 Å². The normalized spacial score (nSPS) is 14.7. The van der Waals surface area contributed by atoms with Crippen LogP contribution in [-0.4, -0.2) is 58.6 Å². The number of carbonyl (C=O) groups is 1. The summed E-state index contributed by atoms with van der Waals surface area (Å²) in [5.41, 5.74) is 3.07. The van der Waals surface area contributed by atoms with E-state index >= 15 is 0 Å². The van der Waals surface area contributed by atoms with Gasteiger partial charge in [-0.25, -0.2) is 15.0 Å². The number of ether oxygens (including phenoxy) is 1.